The van der Waals surface area contributed by atoms with Crippen molar-refractivity contribution in [2.75, 3.05) is 0 Å². The number of aliphatic hydroxyl groups excluding tert-OH is 1. The topological polar surface area (TPSA) is 54.4 Å². The predicted octanol–water partition coefficient (Wildman–Crippen LogP) is 0.943. The highest BCUT2D eigenvalue weighted by Crippen LogP contribution is 2.13. The number of hydrogen-bond donors (Lipinski definition) is 1. The third kappa shape index (κ3) is 1.78. The van der Waals surface area contributed by atoms with Crippen LogP contribution < -0.4 is 0 Å². The lowest BCUT2D eigenvalue weighted by Gasteiger charge is -2.01. The van der Waals surface area contributed by atoms with E-state index in [4.69, 9.17) is 5.11 Å². The minimum atomic E-state index is -0.788. The van der Waals surface area contributed by atoms with Gasteiger partial charge in [0.1, 0.15) is 5.82 Å². The molecule has 0 aromatic heterocycles. The summed E-state index contributed by atoms with van der Waals surface area (Å²) in [6, 6.07) is 2.30. The van der Waals surface area contributed by atoms with Crippen LogP contribution in [-0.2, 0) is 6.61 Å². The third-order valence-electron chi connectivity index (χ3n) is 1.65. The van der Waals surface area contributed by atoms with E-state index in [0.717, 1.165) is 6.07 Å². The Morgan fingerprint density at radius 1 is 1.31 bits per heavy atom. The number of aldehydes is 2. The minimum absolute atomic E-state index is 0.0425. The van der Waals surface area contributed by atoms with Crippen molar-refractivity contribution >= 4 is 12.6 Å². The Hall–Kier alpha value is -1.55. The summed E-state index contributed by atoms with van der Waals surface area (Å²) in [6.45, 7) is -0.364. The molecule has 0 amide bonds. The molecule has 0 fully saturated rings. The van der Waals surface area contributed by atoms with E-state index in [1.54, 1.807) is 0 Å². The second kappa shape index (κ2) is 3.91. The van der Waals surface area contributed by atoms with Crippen molar-refractivity contribution in [1.82, 2.24) is 0 Å². The maximum absolute atomic E-state index is 13.0. The molecule has 0 bridgehead atoms. The van der Waals surface area contributed by atoms with Gasteiger partial charge in [-0.3, -0.25) is 9.59 Å². The van der Waals surface area contributed by atoms with E-state index in [0.29, 0.717) is 6.29 Å². The molecule has 0 saturated heterocycles. The van der Waals surface area contributed by atoms with Crippen LogP contribution in [0.3, 0.4) is 0 Å². The van der Waals surface area contributed by atoms with Crippen molar-refractivity contribution in [2.24, 2.45) is 0 Å². The molecule has 3 nitrogen and oxygen atoms in total. The van der Waals surface area contributed by atoms with Gasteiger partial charge < -0.3 is 5.11 Å². The fourth-order valence-corrected chi connectivity index (χ4v) is 1.01. The lowest BCUT2D eigenvalue weighted by atomic mass is 10.1. The van der Waals surface area contributed by atoms with Crippen LogP contribution in [0, 0.1) is 5.82 Å². The first kappa shape index (κ1) is 9.54. The zero-order chi connectivity index (χ0) is 9.84. The quantitative estimate of drug-likeness (QED) is 0.708. The number of benzene rings is 1. The maximum Gasteiger partial charge on any atom is 0.153 e. The summed E-state index contributed by atoms with van der Waals surface area (Å²) < 4.78 is 13.0. The second-order valence-electron chi connectivity index (χ2n) is 2.47. The molecule has 0 aliphatic rings. The fourth-order valence-electron chi connectivity index (χ4n) is 1.01. The molecule has 1 N–H and O–H groups in total. The van der Waals surface area contributed by atoms with E-state index in [2.05, 4.69) is 0 Å². The molecule has 0 unspecified atom stereocenters. The molecule has 0 radical (unpaired) electrons. The van der Waals surface area contributed by atoms with Gasteiger partial charge in [0.2, 0.25) is 0 Å². The number of carbonyl (C=O) groups is 2. The largest absolute Gasteiger partial charge is 0.392 e. The standard InChI is InChI=1S/C9H7FO3/c10-9-2-6(3-11)1-7(4-12)8(9)5-13/h1-2,4-5,11H,3H2. The Kier molecular flexibility index (Phi) is 2.87. The lowest BCUT2D eigenvalue weighted by Crippen LogP contribution is -1.98. The molecule has 0 saturated carbocycles. The molecule has 0 aliphatic carbocycles. The van der Waals surface area contributed by atoms with Gasteiger partial charge in [-0.25, -0.2) is 4.39 Å². The van der Waals surface area contributed by atoms with E-state index in [9.17, 15) is 14.0 Å². The van der Waals surface area contributed by atoms with E-state index in [1.165, 1.54) is 6.07 Å². The minimum Gasteiger partial charge on any atom is -0.392 e. The monoisotopic (exact) mass is 182 g/mol. The summed E-state index contributed by atoms with van der Waals surface area (Å²) in [5.74, 6) is -0.788. The van der Waals surface area contributed by atoms with Crippen LogP contribution in [0.1, 0.15) is 26.3 Å². The number of hydrogen-bond acceptors (Lipinski definition) is 3. The van der Waals surface area contributed by atoms with E-state index in [-0.39, 0.29) is 29.6 Å². The molecule has 1 rings (SSSR count). The van der Waals surface area contributed by atoms with Crippen LogP contribution in [0.5, 0.6) is 0 Å². The molecule has 13 heavy (non-hydrogen) atoms. The van der Waals surface area contributed by atoms with Gasteiger partial charge in [0.15, 0.2) is 12.6 Å². The SMILES string of the molecule is O=Cc1cc(CO)cc(F)c1C=O. The average Bonchev–Trinajstić information content (AvgIpc) is 2.16. The summed E-state index contributed by atoms with van der Waals surface area (Å²) in [5.41, 5.74) is -0.0450. The molecular formula is C9H7FO3. The van der Waals surface area contributed by atoms with Crippen molar-refractivity contribution in [1.29, 1.82) is 0 Å². The Balaban J connectivity index is 3.36. The van der Waals surface area contributed by atoms with Crippen LogP contribution in [0.2, 0.25) is 0 Å². The summed E-state index contributed by atoms with van der Waals surface area (Å²) in [4.78, 5) is 20.7. The third-order valence-corrected chi connectivity index (χ3v) is 1.65. The summed E-state index contributed by atoms with van der Waals surface area (Å²) >= 11 is 0. The van der Waals surface area contributed by atoms with E-state index in [1.807, 2.05) is 0 Å². The first-order valence-corrected chi connectivity index (χ1v) is 3.56. The van der Waals surface area contributed by atoms with Gasteiger partial charge in [0.05, 0.1) is 12.2 Å². The van der Waals surface area contributed by atoms with E-state index < -0.39 is 5.82 Å². The summed E-state index contributed by atoms with van der Waals surface area (Å²) in [7, 11) is 0. The molecular weight excluding hydrogens is 175 g/mol. The smallest absolute Gasteiger partial charge is 0.153 e. The van der Waals surface area contributed by atoms with Gasteiger partial charge in [0, 0.05) is 5.56 Å². The van der Waals surface area contributed by atoms with Crippen molar-refractivity contribution < 1.29 is 19.1 Å². The molecule has 0 heterocycles. The Morgan fingerprint density at radius 2 is 2.00 bits per heavy atom. The number of rotatable bonds is 3. The Bertz CT molecular complexity index is 347. The van der Waals surface area contributed by atoms with Gasteiger partial charge in [-0.1, -0.05) is 0 Å². The van der Waals surface area contributed by atoms with Crippen LogP contribution in [0.25, 0.3) is 0 Å². The molecule has 1 aromatic carbocycles. The fraction of sp³-hybridized carbons (Fsp3) is 0.111. The first-order valence-electron chi connectivity index (χ1n) is 3.56. The Labute approximate surface area is 73.8 Å². The number of halogens is 1. The van der Waals surface area contributed by atoms with Crippen LogP contribution in [-0.4, -0.2) is 17.7 Å². The highest BCUT2D eigenvalue weighted by Gasteiger charge is 2.08. The lowest BCUT2D eigenvalue weighted by molar-refractivity contribution is 0.109. The molecule has 0 aliphatic heterocycles. The molecule has 68 valence electrons. The van der Waals surface area contributed by atoms with Gasteiger partial charge in [-0.2, -0.15) is 0 Å². The predicted molar refractivity (Wildman–Crippen MR) is 43.1 cm³/mol. The van der Waals surface area contributed by atoms with Crippen LogP contribution >= 0.6 is 0 Å². The number of aliphatic hydroxyl groups is 1. The highest BCUT2D eigenvalue weighted by atomic mass is 19.1. The summed E-state index contributed by atoms with van der Waals surface area (Å²) in [5, 5.41) is 8.67. The van der Waals surface area contributed by atoms with Crippen molar-refractivity contribution in [3.8, 4) is 0 Å². The van der Waals surface area contributed by atoms with Gasteiger partial charge in [-0.15, -0.1) is 0 Å². The Morgan fingerprint density at radius 3 is 2.46 bits per heavy atom. The molecule has 1 aromatic rings. The van der Waals surface area contributed by atoms with Gasteiger partial charge in [-0.05, 0) is 17.7 Å². The average molecular weight is 182 g/mol. The molecule has 0 atom stereocenters. The van der Waals surface area contributed by atoms with Gasteiger partial charge >= 0.3 is 0 Å². The van der Waals surface area contributed by atoms with Crippen LogP contribution in [0.4, 0.5) is 4.39 Å². The van der Waals surface area contributed by atoms with Crippen molar-refractivity contribution in [2.45, 2.75) is 6.61 Å². The van der Waals surface area contributed by atoms with E-state index >= 15 is 0 Å². The van der Waals surface area contributed by atoms with Crippen molar-refractivity contribution in [3.05, 3.63) is 34.6 Å². The maximum atomic E-state index is 13.0. The zero-order valence-electron chi connectivity index (χ0n) is 6.66. The normalized spacial score (nSPS) is 9.69. The summed E-state index contributed by atoms with van der Waals surface area (Å²) in [6.07, 6.45) is 0.659. The van der Waals surface area contributed by atoms with Gasteiger partial charge in [0.25, 0.3) is 0 Å². The second-order valence-corrected chi connectivity index (χ2v) is 2.47. The molecule has 4 heteroatoms. The molecule has 0 spiro atoms. The van der Waals surface area contributed by atoms with Crippen LogP contribution in [0.15, 0.2) is 12.1 Å². The number of carbonyl (C=O) groups excluding carboxylic acids is 2. The zero-order valence-corrected chi connectivity index (χ0v) is 6.66. The highest BCUT2D eigenvalue weighted by molar-refractivity contribution is 5.90. The van der Waals surface area contributed by atoms with Crippen molar-refractivity contribution in [3.63, 3.8) is 0 Å². The first-order chi connectivity index (χ1) is 6.22.